The van der Waals surface area contributed by atoms with Crippen molar-refractivity contribution in [2.75, 3.05) is 23.3 Å². The fourth-order valence-corrected chi connectivity index (χ4v) is 3.24. The third-order valence-electron chi connectivity index (χ3n) is 4.37. The second-order valence-corrected chi connectivity index (χ2v) is 7.12. The molecule has 1 fully saturated rings. The molecule has 3 aromatic rings. The number of pyridine rings is 1. The Kier molecular flexibility index (Phi) is 4.71. The molecule has 0 radical (unpaired) electrons. The first-order valence-electron chi connectivity index (χ1n) is 8.52. The van der Waals surface area contributed by atoms with Crippen LogP contribution in [-0.2, 0) is 0 Å². The first-order valence-corrected chi connectivity index (χ1v) is 9.31. The summed E-state index contributed by atoms with van der Waals surface area (Å²) in [5.74, 6) is 0.757. The number of halogens is 1. The Balaban J connectivity index is 1.44. The number of nitrogens with zero attached hydrogens (tertiary/aromatic N) is 4. The third kappa shape index (κ3) is 3.62. The molecule has 0 aliphatic carbocycles. The summed E-state index contributed by atoms with van der Waals surface area (Å²) in [7, 11) is 0. The second-order valence-electron chi connectivity index (χ2n) is 6.20. The quantitative estimate of drug-likeness (QED) is 0.707. The van der Waals surface area contributed by atoms with Crippen LogP contribution in [0.1, 0.15) is 23.2 Å². The molecule has 0 bridgehead atoms. The number of benzene rings is 1. The van der Waals surface area contributed by atoms with Gasteiger partial charge in [0.05, 0.1) is 29.3 Å². The van der Waals surface area contributed by atoms with E-state index in [4.69, 9.17) is 0 Å². The fraction of sp³-hybridized carbons (Fsp3) is 0.211. The van der Waals surface area contributed by atoms with Gasteiger partial charge in [-0.3, -0.25) is 4.79 Å². The van der Waals surface area contributed by atoms with Crippen LogP contribution in [0.5, 0.6) is 0 Å². The molecule has 1 aliphatic rings. The molecule has 26 heavy (non-hydrogen) atoms. The maximum absolute atomic E-state index is 12.4. The molecule has 1 N–H and O–H groups in total. The predicted molar refractivity (Wildman–Crippen MR) is 105 cm³/mol. The summed E-state index contributed by atoms with van der Waals surface area (Å²) >= 11 is 3.41. The molecule has 3 heterocycles. The SMILES string of the molecule is O=C(Nc1ccc(N2CCCC2)nc1)c1cnn(-c2ccc(Br)cc2)c1. The summed E-state index contributed by atoms with van der Waals surface area (Å²) in [5.41, 5.74) is 2.06. The molecule has 132 valence electrons. The zero-order valence-electron chi connectivity index (χ0n) is 14.1. The fourth-order valence-electron chi connectivity index (χ4n) is 2.97. The molecule has 0 spiro atoms. The van der Waals surface area contributed by atoms with Gasteiger partial charge in [0.2, 0.25) is 0 Å². The molecule has 0 atom stereocenters. The van der Waals surface area contributed by atoms with Crippen LogP contribution in [-0.4, -0.2) is 33.8 Å². The highest BCUT2D eigenvalue weighted by atomic mass is 79.9. The van der Waals surface area contributed by atoms with Gasteiger partial charge in [0.25, 0.3) is 5.91 Å². The molecule has 2 aromatic heterocycles. The van der Waals surface area contributed by atoms with Gasteiger partial charge in [0, 0.05) is 23.8 Å². The van der Waals surface area contributed by atoms with E-state index in [9.17, 15) is 4.79 Å². The van der Waals surface area contributed by atoms with Gasteiger partial charge >= 0.3 is 0 Å². The number of nitrogens with one attached hydrogen (secondary N) is 1. The zero-order valence-corrected chi connectivity index (χ0v) is 15.7. The summed E-state index contributed by atoms with van der Waals surface area (Å²) < 4.78 is 2.67. The van der Waals surface area contributed by atoms with Crippen LogP contribution in [0.25, 0.3) is 5.69 Å². The van der Waals surface area contributed by atoms with Gasteiger partial charge < -0.3 is 10.2 Å². The number of hydrogen-bond donors (Lipinski definition) is 1. The van der Waals surface area contributed by atoms with Crippen molar-refractivity contribution in [2.45, 2.75) is 12.8 Å². The predicted octanol–water partition coefficient (Wildman–Crippen LogP) is 3.88. The van der Waals surface area contributed by atoms with E-state index in [-0.39, 0.29) is 5.91 Å². The topological polar surface area (TPSA) is 63.1 Å². The number of anilines is 2. The molecule has 1 saturated heterocycles. The molecule has 1 aliphatic heterocycles. The standard InChI is InChI=1S/C19H18BrN5O/c20-15-3-6-17(7-4-15)25-13-14(11-22-25)19(26)23-16-5-8-18(21-12-16)24-9-1-2-10-24/h3-8,11-13H,1-2,9-10H2,(H,23,26). The van der Waals surface area contributed by atoms with Gasteiger partial charge in [0.1, 0.15) is 5.82 Å². The Morgan fingerprint density at radius 1 is 1.04 bits per heavy atom. The van der Waals surface area contributed by atoms with E-state index in [1.165, 1.54) is 12.8 Å². The molecule has 4 rings (SSSR count). The third-order valence-corrected chi connectivity index (χ3v) is 4.90. The Bertz CT molecular complexity index is 898. The van der Waals surface area contributed by atoms with Crippen LogP contribution in [0.2, 0.25) is 0 Å². The van der Waals surface area contributed by atoms with Crippen molar-refractivity contribution < 1.29 is 4.79 Å². The first-order chi connectivity index (χ1) is 12.7. The van der Waals surface area contributed by atoms with Crippen molar-refractivity contribution in [3.8, 4) is 5.69 Å². The lowest BCUT2D eigenvalue weighted by Gasteiger charge is -2.16. The Morgan fingerprint density at radius 3 is 2.50 bits per heavy atom. The minimum Gasteiger partial charge on any atom is -0.357 e. The minimum absolute atomic E-state index is 0.205. The van der Waals surface area contributed by atoms with Crippen molar-refractivity contribution in [1.82, 2.24) is 14.8 Å². The van der Waals surface area contributed by atoms with E-state index in [1.807, 2.05) is 36.4 Å². The van der Waals surface area contributed by atoms with Gasteiger partial charge in [-0.25, -0.2) is 9.67 Å². The highest BCUT2D eigenvalue weighted by Crippen LogP contribution is 2.19. The van der Waals surface area contributed by atoms with Crippen LogP contribution in [0.4, 0.5) is 11.5 Å². The zero-order chi connectivity index (χ0) is 17.9. The summed E-state index contributed by atoms with van der Waals surface area (Å²) in [4.78, 5) is 19.2. The first kappa shape index (κ1) is 16.8. The molecular formula is C19H18BrN5O. The summed E-state index contributed by atoms with van der Waals surface area (Å²) in [5, 5.41) is 7.13. The summed E-state index contributed by atoms with van der Waals surface area (Å²) in [6.07, 6.45) is 7.39. The van der Waals surface area contributed by atoms with Crippen molar-refractivity contribution in [2.24, 2.45) is 0 Å². The van der Waals surface area contributed by atoms with Crippen molar-refractivity contribution in [3.05, 3.63) is 65.0 Å². The van der Waals surface area contributed by atoms with Gasteiger partial charge in [-0.1, -0.05) is 15.9 Å². The number of rotatable bonds is 4. The Morgan fingerprint density at radius 2 is 1.81 bits per heavy atom. The van der Waals surface area contributed by atoms with E-state index in [2.05, 4.69) is 36.2 Å². The summed E-state index contributed by atoms with van der Waals surface area (Å²) in [6.45, 7) is 2.10. The van der Waals surface area contributed by atoms with Crippen LogP contribution < -0.4 is 10.2 Å². The van der Waals surface area contributed by atoms with Gasteiger partial charge in [-0.15, -0.1) is 0 Å². The lowest BCUT2D eigenvalue weighted by Crippen LogP contribution is -2.19. The Hall–Kier alpha value is -2.67. The monoisotopic (exact) mass is 411 g/mol. The number of hydrogen-bond acceptors (Lipinski definition) is 4. The average molecular weight is 412 g/mol. The number of aromatic nitrogens is 3. The van der Waals surface area contributed by atoms with Gasteiger partial charge in [0.15, 0.2) is 0 Å². The largest absolute Gasteiger partial charge is 0.357 e. The summed E-state index contributed by atoms with van der Waals surface area (Å²) in [6, 6.07) is 11.6. The molecule has 0 saturated carbocycles. The molecule has 1 amide bonds. The van der Waals surface area contributed by atoms with Crippen LogP contribution >= 0.6 is 15.9 Å². The normalized spacial score (nSPS) is 13.8. The second kappa shape index (κ2) is 7.29. The van der Waals surface area contributed by atoms with Crippen molar-refractivity contribution >= 4 is 33.3 Å². The minimum atomic E-state index is -0.205. The van der Waals surface area contributed by atoms with Gasteiger partial charge in [-0.2, -0.15) is 5.10 Å². The lowest BCUT2D eigenvalue weighted by molar-refractivity contribution is 0.102. The lowest BCUT2D eigenvalue weighted by atomic mass is 10.3. The molecule has 0 unspecified atom stereocenters. The van der Waals surface area contributed by atoms with E-state index in [1.54, 1.807) is 23.3 Å². The molecule has 7 heteroatoms. The highest BCUT2D eigenvalue weighted by molar-refractivity contribution is 9.10. The van der Waals surface area contributed by atoms with Crippen LogP contribution in [0.3, 0.4) is 0 Å². The number of amides is 1. The molecule has 6 nitrogen and oxygen atoms in total. The van der Waals surface area contributed by atoms with Crippen molar-refractivity contribution in [3.63, 3.8) is 0 Å². The van der Waals surface area contributed by atoms with Crippen LogP contribution in [0.15, 0.2) is 59.5 Å². The van der Waals surface area contributed by atoms with Gasteiger partial charge in [-0.05, 0) is 49.2 Å². The Labute approximate surface area is 160 Å². The van der Waals surface area contributed by atoms with E-state index in [0.717, 1.165) is 29.1 Å². The molecular weight excluding hydrogens is 394 g/mol. The maximum atomic E-state index is 12.4. The van der Waals surface area contributed by atoms with Crippen molar-refractivity contribution in [1.29, 1.82) is 0 Å². The van der Waals surface area contributed by atoms with E-state index >= 15 is 0 Å². The smallest absolute Gasteiger partial charge is 0.258 e. The number of carbonyl (C=O) groups excluding carboxylic acids is 1. The highest BCUT2D eigenvalue weighted by Gasteiger charge is 2.14. The van der Waals surface area contributed by atoms with Crippen LogP contribution in [0, 0.1) is 0 Å². The van der Waals surface area contributed by atoms with E-state index < -0.39 is 0 Å². The molecule has 1 aromatic carbocycles. The van der Waals surface area contributed by atoms with E-state index in [0.29, 0.717) is 11.3 Å². The maximum Gasteiger partial charge on any atom is 0.258 e. The number of carbonyl (C=O) groups is 1. The average Bonchev–Trinajstić information content (AvgIpc) is 3.35.